The van der Waals surface area contributed by atoms with Gasteiger partial charge in [0.25, 0.3) is 0 Å². The van der Waals surface area contributed by atoms with E-state index in [-0.39, 0.29) is 41.2 Å². The molecule has 33 heavy (non-hydrogen) atoms. The SMILES string of the molecule is C1=CC(c2ncc[nH]2)[N-]C(c2ncc[nH]2)C1.[Mn+2].c1c[nH]c(C2CCCC(c3ncc[nH]3)[N-]2)n1. The van der Waals surface area contributed by atoms with E-state index in [1.165, 1.54) is 6.42 Å². The molecule has 0 amide bonds. The van der Waals surface area contributed by atoms with Crippen molar-refractivity contribution in [3.05, 3.63) is 95.7 Å². The third-order valence-corrected chi connectivity index (χ3v) is 5.64. The maximum Gasteiger partial charge on any atom is 2.00 e. The molecule has 4 atom stereocenters. The fourth-order valence-corrected chi connectivity index (χ4v) is 4.09. The summed E-state index contributed by atoms with van der Waals surface area (Å²) in [5, 5.41) is 9.47. The number of aromatic amines is 4. The van der Waals surface area contributed by atoms with Crippen LogP contribution in [-0.4, -0.2) is 39.9 Å². The number of nitrogens with one attached hydrogen (secondary N) is 4. The average Bonchev–Trinajstić information content (AvgIpc) is 3.68. The third kappa shape index (κ3) is 5.69. The molecule has 1 saturated heterocycles. The van der Waals surface area contributed by atoms with Gasteiger partial charge in [-0.3, -0.25) is 0 Å². The molecule has 2 aliphatic heterocycles. The van der Waals surface area contributed by atoms with Crippen molar-refractivity contribution in [2.24, 2.45) is 0 Å². The summed E-state index contributed by atoms with van der Waals surface area (Å²) < 4.78 is 0. The first-order valence-electron chi connectivity index (χ1n) is 10.9. The van der Waals surface area contributed by atoms with Crippen LogP contribution in [0.1, 0.15) is 73.1 Å². The summed E-state index contributed by atoms with van der Waals surface area (Å²) in [6.07, 6.45) is 22.8. The molecule has 1 fully saturated rings. The Bertz CT molecular complexity index is 1020. The topological polar surface area (TPSA) is 143 Å². The van der Waals surface area contributed by atoms with Crippen molar-refractivity contribution in [2.75, 3.05) is 0 Å². The summed E-state index contributed by atoms with van der Waals surface area (Å²) in [6, 6.07) is 0.506. The Kier molecular flexibility index (Phi) is 7.90. The van der Waals surface area contributed by atoms with Gasteiger partial charge in [-0.25, -0.2) is 19.9 Å². The Labute approximate surface area is 202 Å². The van der Waals surface area contributed by atoms with Crippen molar-refractivity contribution in [3.8, 4) is 0 Å². The van der Waals surface area contributed by atoms with Gasteiger partial charge in [0.15, 0.2) is 0 Å². The Balaban J connectivity index is 0.000000152. The molecule has 0 saturated carbocycles. The first kappa shape index (κ1) is 23.2. The van der Waals surface area contributed by atoms with Crippen molar-refractivity contribution in [1.29, 1.82) is 0 Å². The van der Waals surface area contributed by atoms with Crippen LogP contribution in [0, 0.1) is 0 Å². The third-order valence-electron chi connectivity index (χ3n) is 5.64. The molecule has 171 valence electrons. The number of nitrogens with zero attached hydrogens (tertiary/aromatic N) is 6. The van der Waals surface area contributed by atoms with Crippen LogP contribution in [0.3, 0.4) is 0 Å². The van der Waals surface area contributed by atoms with E-state index in [1.54, 1.807) is 24.8 Å². The van der Waals surface area contributed by atoms with Gasteiger partial charge in [0.2, 0.25) is 0 Å². The Morgan fingerprint density at radius 2 is 1.12 bits per heavy atom. The number of hydrogen-bond donors (Lipinski definition) is 4. The zero-order valence-corrected chi connectivity index (χ0v) is 19.2. The molecule has 0 bridgehead atoms. The molecule has 10 nitrogen and oxygen atoms in total. The number of imidazole rings is 4. The van der Waals surface area contributed by atoms with Gasteiger partial charge in [0.1, 0.15) is 0 Å². The number of hydrogen-bond acceptors (Lipinski definition) is 4. The van der Waals surface area contributed by atoms with E-state index in [2.05, 4.69) is 52.0 Å². The minimum Gasteiger partial charge on any atom is -0.644 e. The molecule has 0 aliphatic carbocycles. The Morgan fingerprint density at radius 1 is 0.636 bits per heavy atom. The van der Waals surface area contributed by atoms with E-state index in [4.69, 9.17) is 10.6 Å². The summed E-state index contributed by atoms with van der Waals surface area (Å²) >= 11 is 0. The predicted octanol–water partition coefficient (Wildman–Crippen LogP) is 4.72. The van der Waals surface area contributed by atoms with Crippen molar-refractivity contribution in [2.45, 2.75) is 49.9 Å². The van der Waals surface area contributed by atoms with Crippen molar-refractivity contribution in [1.82, 2.24) is 39.9 Å². The van der Waals surface area contributed by atoms with Crippen molar-refractivity contribution < 1.29 is 17.1 Å². The molecule has 4 aromatic heterocycles. The van der Waals surface area contributed by atoms with E-state index in [1.807, 2.05) is 24.8 Å². The molecule has 4 N–H and O–H groups in total. The first-order chi connectivity index (χ1) is 15.9. The summed E-state index contributed by atoms with van der Waals surface area (Å²) in [5.41, 5.74) is 0. The fourth-order valence-electron chi connectivity index (χ4n) is 4.09. The van der Waals surface area contributed by atoms with Crippen LogP contribution in [-0.2, 0) is 17.1 Å². The molecule has 6 rings (SSSR count). The monoisotopic (exact) mass is 485 g/mol. The van der Waals surface area contributed by atoms with E-state index in [9.17, 15) is 0 Å². The van der Waals surface area contributed by atoms with Crippen LogP contribution in [0.15, 0.2) is 61.7 Å². The standard InChI is InChI=1S/C11H14N5.C11H12N5.Mn/c2*1-2-8(10-12-4-5-13-10)16-9(3-1)11-14-6-7-15-11;/h4-9H,1-3H2,(H,12,13)(H,14,15);1-2,4-9H,3H2,(H,12,13)(H,14,15);/q2*-1;+2. The Hall–Kier alpha value is -2.98. The van der Waals surface area contributed by atoms with E-state index in [0.29, 0.717) is 0 Å². The zero-order chi connectivity index (χ0) is 21.6. The molecule has 0 aromatic carbocycles. The Morgan fingerprint density at radius 3 is 1.61 bits per heavy atom. The van der Waals surface area contributed by atoms with Gasteiger partial charge in [-0.05, 0) is 6.42 Å². The summed E-state index contributed by atoms with van der Waals surface area (Å²) in [7, 11) is 0. The van der Waals surface area contributed by atoms with Crippen LogP contribution in [0.2, 0.25) is 0 Å². The second-order valence-corrected chi connectivity index (χ2v) is 7.78. The maximum absolute atomic E-state index is 4.78. The van der Waals surface area contributed by atoms with Crippen LogP contribution in [0.25, 0.3) is 10.6 Å². The van der Waals surface area contributed by atoms with Crippen molar-refractivity contribution in [3.63, 3.8) is 0 Å². The minimum absolute atomic E-state index is 0. The number of H-pyrrole nitrogens is 4. The quantitative estimate of drug-likeness (QED) is 0.245. The van der Waals surface area contributed by atoms with Gasteiger partial charge in [-0.1, -0.05) is 55.6 Å². The van der Waals surface area contributed by atoms with Crippen molar-refractivity contribution >= 4 is 0 Å². The predicted molar refractivity (Wildman–Crippen MR) is 120 cm³/mol. The van der Waals surface area contributed by atoms with Gasteiger partial charge in [-0.15, -0.1) is 0 Å². The molecule has 4 unspecified atom stereocenters. The fraction of sp³-hybridized carbons (Fsp3) is 0.364. The minimum atomic E-state index is 0. The van der Waals surface area contributed by atoms with Gasteiger partial charge in [0.05, 0.1) is 23.3 Å². The van der Waals surface area contributed by atoms with Crippen LogP contribution in [0.4, 0.5) is 0 Å². The van der Waals surface area contributed by atoms with Crippen LogP contribution < -0.4 is 0 Å². The smallest absolute Gasteiger partial charge is 0.644 e. The summed E-state index contributed by atoms with van der Waals surface area (Å²) in [6.45, 7) is 0. The molecular weight excluding hydrogens is 459 g/mol. The second-order valence-electron chi connectivity index (χ2n) is 7.78. The zero-order valence-electron chi connectivity index (χ0n) is 18.0. The average molecular weight is 485 g/mol. The van der Waals surface area contributed by atoms with Crippen LogP contribution in [0.5, 0.6) is 0 Å². The molecular formula is C22H26MnN10. The first-order valence-corrected chi connectivity index (χ1v) is 10.9. The maximum atomic E-state index is 4.78. The number of rotatable bonds is 4. The normalized spacial score (nSPS) is 24.5. The summed E-state index contributed by atoms with van der Waals surface area (Å²) in [5.74, 6) is 3.74. The summed E-state index contributed by atoms with van der Waals surface area (Å²) in [4.78, 5) is 29.5. The molecule has 2 aliphatic rings. The molecule has 6 heterocycles. The number of aromatic nitrogens is 8. The molecule has 1 radical (unpaired) electrons. The molecule has 11 heteroatoms. The van der Waals surface area contributed by atoms with Gasteiger partial charge in [-0.2, -0.15) is 0 Å². The van der Waals surface area contributed by atoms with E-state index < -0.39 is 0 Å². The van der Waals surface area contributed by atoms with E-state index in [0.717, 1.165) is 42.6 Å². The van der Waals surface area contributed by atoms with Gasteiger partial charge in [0, 0.05) is 49.6 Å². The molecule has 0 spiro atoms. The van der Waals surface area contributed by atoms with E-state index >= 15 is 0 Å². The molecule has 4 aromatic rings. The van der Waals surface area contributed by atoms with Gasteiger partial charge < -0.3 is 30.6 Å². The number of piperidine rings is 1. The van der Waals surface area contributed by atoms with Gasteiger partial charge >= 0.3 is 17.1 Å². The largest absolute Gasteiger partial charge is 2.00 e. The van der Waals surface area contributed by atoms with Crippen LogP contribution >= 0.6 is 0 Å². The second kappa shape index (κ2) is 11.2.